The third-order valence-electron chi connectivity index (χ3n) is 3.47. The summed E-state index contributed by atoms with van der Waals surface area (Å²) in [5.41, 5.74) is 1.36. The van der Waals surface area contributed by atoms with Crippen LogP contribution in [0.4, 0.5) is 14.5 Å². The molecule has 0 unspecified atom stereocenters. The van der Waals surface area contributed by atoms with Crippen LogP contribution in [0.2, 0.25) is 0 Å². The number of hydrogen-bond acceptors (Lipinski definition) is 6. The molecule has 0 fully saturated rings. The molecule has 3 rings (SSSR count). The predicted molar refractivity (Wildman–Crippen MR) is 96.7 cm³/mol. The lowest BCUT2D eigenvalue weighted by Crippen LogP contribution is -2.14. The molecule has 0 aliphatic rings. The number of halogens is 2. The van der Waals surface area contributed by atoms with Crippen molar-refractivity contribution in [1.29, 1.82) is 0 Å². The molecule has 0 bridgehead atoms. The zero-order valence-corrected chi connectivity index (χ0v) is 15.0. The largest absolute Gasteiger partial charge is 0.435 e. The molecular formula is C17H15F2N5O2S. The molecule has 0 saturated heterocycles. The van der Waals surface area contributed by atoms with Gasteiger partial charge in [-0.3, -0.25) is 9.78 Å². The van der Waals surface area contributed by atoms with Crippen molar-refractivity contribution < 1.29 is 18.3 Å². The number of aromatic nitrogens is 4. The summed E-state index contributed by atoms with van der Waals surface area (Å²) in [4.78, 5) is 16.1. The molecule has 0 spiro atoms. The molecule has 10 heteroatoms. The standard InChI is InChI=1S/C17H15F2N5O2S/c1-24-15(11-6-8-20-9-7-11)22-23-17(24)27-10-14(25)21-12-2-4-13(5-3-12)26-16(18)19/h2-9,16H,10H2,1H3,(H,21,25). The fourth-order valence-corrected chi connectivity index (χ4v) is 2.95. The highest BCUT2D eigenvalue weighted by atomic mass is 32.2. The third-order valence-corrected chi connectivity index (χ3v) is 4.49. The van der Waals surface area contributed by atoms with Gasteiger partial charge in [-0.15, -0.1) is 10.2 Å². The Balaban J connectivity index is 1.56. The first kappa shape index (κ1) is 18.8. The lowest BCUT2D eigenvalue weighted by molar-refractivity contribution is -0.113. The van der Waals surface area contributed by atoms with Crippen molar-refractivity contribution in [3.63, 3.8) is 0 Å². The van der Waals surface area contributed by atoms with Crippen molar-refractivity contribution in [3.05, 3.63) is 48.8 Å². The number of benzene rings is 1. The highest BCUT2D eigenvalue weighted by Gasteiger charge is 2.13. The molecule has 27 heavy (non-hydrogen) atoms. The average Bonchev–Trinajstić information content (AvgIpc) is 3.02. The molecule has 140 valence electrons. The number of rotatable bonds is 7. The zero-order chi connectivity index (χ0) is 19.2. The minimum absolute atomic E-state index is 0.0279. The number of carbonyl (C=O) groups excluding carboxylic acids is 1. The van der Waals surface area contributed by atoms with Crippen LogP contribution in [0.5, 0.6) is 5.75 Å². The summed E-state index contributed by atoms with van der Waals surface area (Å²) in [5.74, 6) is 0.573. The van der Waals surface area contributed by atoms with E-state index in [9.17, 15) is 13.6 Å². The quantitative estimate of drug-likeness (QED) is 0.623. The van der Waals surface area contributed by atoms with Crippen molar-refractivity contribution in [2.24, 2.45) is 7.05 Å². The van der Waals surface area contributed by atoms with Crippen LogP contribution in [0.15, 0.2) is 53.9 Å². The van der Waals surface area contributed by atoms with E-state index >= 15 is 0 Å². The van der Waals surface area contributed by atoms with Gasteiger partial charge < -0.3 is 14.6 Å². The van der Waals surface area contributed by atoms with Crippen LogP contribution in [0.3, 0.4) is 0 Å². The van der Waals surface area contributed by atoms with E-state index in [1.807, 2.05) is 19.2 Å². The Labute approximate surface area is 157 Å². The SMILES string of the molecule is Cn1c(SCC(=O)Nc2ccc(OC(F)F)cc2)nnc1-c1ccncc1. The van der Waals surface area contributed by atoms with Crippen LogP contribution < -0.4 is 10.1 Å². The second-order valence-electron chi connectivity index (χ2n) is 5.34. The summed E-state index contributed by atoms with van der Waals surface area (Å²) in [6.45, 7) is -2.88. The summed E-state index contributed by atoms with van der Waals surface area (Å²) in [5, 5.41) is 11.5. The maximum Gasteiger partial charge on any atom is 0.387 e. The van der Waals surface area contributed by atoms with Crippen molar-refractivity contribution in [3.8, 4) is 17.1 Å². The molecule has 7 nitrogen and oxygen atoms in total. The molecule has 0 atom stereocenters. The zero-order valence-electron chi connectivity index (χ0n) is 14.2. The van der Waals surface area contributed by atoms with Gasteiger partial charge in [0.05, 0.1) is 5.75 Å². The number of nitrogens with zero attached hydrogens (tertiary/aromatic N) is 4. The van der Waals surface area contributed by atoms with Crippen LogP contribution in [-0.4, -0.2) is 38.0 Å². The summed E-state index contributed by atoms with van der Waals surface area (Å²) in [6.07, 6.45) is 3.34. The van der Waals surface area contributed by atoms with E-state index in [1.165, 1.54) is 36.0 Å². The molecule has 0 radical (unpaired) electrons. The fourth-order valence-electron chi connectivity index (χ4n) is 2.24. The van der Waals surface area contributed by atoms with E-state index in [-0.39, 0.29) is 17.4 Å². The third kappa shape index (κ3) is 5.00. The van der Waals surface area contributed by atoms with Crippen LogP contribution in [0, 0.1) is 0 Å². The van der Waals surface area contributed by atoms with Gasteiger partial charge in [-0.25, -0.2) is 0 Å². The highest BCUT2D eigenvalue weighted by molar-refractivity contribution is 7.99. The first-order valence-corrected chi connectivity index (χ1v) is 8.79. The molecule has 1 amide bonds. The maximum absolute atomic E-state index is 12.1. The number of amides is 1. The normalized spacial score (nSPS) is 10.8. The second kappa shape index (κ2) is 8.58. The van der Waals surface area contributed by atoms with Gasteiger partial charge >= 0.3 is 6.61 Å². The first-order valence-electron chi connectivity index (χ1n) is 7.80. The van der Waals surface area contributed by atoms with E-state index in [2.05, 4.69) is 25.2 Å². The highest BCUT2D eigenvalue weighted by Crippen LogP contribution is 2.22. The van der Waals surface area contributed by atoms with E-state index in [1.54, 1.807) is 17.0 Å². The molecule has 1 N–H and O–H groups in total. The van der Waals surface area contributed by atoms with Crippen LogP contribution in [0.1, 0.15) is 0 Å². The van der Waals surface area contributed by atoms with Gasteiger partial charge in [0.2, 0.25) is 5.91 Å². The van der Waals surface area contributed by atoms with Crippen molar-refractivity contribution >= 4 is 23.4 Å². The van der Waals surface area contributed by atoms with Gasteiger partial charge in [0.25, 0.3) is 0 Å². The van der Waals surface area contributed by atoms with Gasteiger partial charge in [-0.1, -0.05) is 11.8 Å². The van der Waals surface area contributed by atoms with Crippen molar-refractivity contribution in [1.82, 2.24) is 19.7 Å². The Hall–Kier alpha value is -3.01. The molecule has 1 aromatic carbocycles. The van der Waals surface area contributed by atoms with Crippen molar-refractivity contribution in [2.45, 2.75) is 11.8 Å². The number of hydrogen-bond donors (Lipinski definition) is 1. The predicted octanol–water partition coefficient (Wildman–Crippen LogP) is 3.21. The monoisotopic (exact) mass is 391 g/mol. The van der Waals surface area contributed by atoms with Gasteiger partial charge in [0.1, 0.15) is 5.75 Å². The number of pyridine rings is 1. The molecule has 2 heterocycles. The number of carbonyl (C=O) groups is 1. The smallest absolute Gasteiger partial charge is 0.387 e. The summed E-state index contributed by atoms with van der Waals surface area (Å²) >= 11 is 1.24. The topological polar surface area (TPSA) is 81.9 Å². The Morgan fingerprint density at radius 1 is 1.19 bits per heavy atom. The summed E-state index contributed by atoms with van der Waals surface area (Å²) < 4.78 is 30.3. The molecule has 0 saturated carbocycles. The molecular weight excluding hydrogens is 376 g/mol. The van der Waals surface area contributed by atoms with E-state index in [0.29, 0.717) is 16.7 Å². The minimum atomic E-state index is -2.88. The van der Waals surface area contributed by atoms with Crippen molar-refractivity contribution in [2.75, 3.05) is 11.1 Å². The van der Waals surface area contributed by atoms with Gasteiger partial charge in [0.15, 0.2) is 11.0 Å². The molecule has 0 aliphatic heterocycles. The lowest BCUT2D eigenvalue weighted by atomic mass is 10.2. The number of anilines is 1. The number of ether oxygens (including phenoxy) is 1. The lowest BCUT2D eigenvalue weighted by Gasteiger charge is -2.07. The number of nitrogens with one attached hydrogen (secondary N) is 1. The first-order chi connectivity index (χ1) is 13.0. The summed E-state index contributed by atoms with van der Waals surface area (Å²) in [6, 6.07) is 9.35. The van der Waals surface area contributed by atoms with E-state index < -0.39 is 6.61 Å². The van der Waals surface area contributed by atoms with E-state index in [4.69, 9.17) is 0 Å². The number of alkyl halides is 2. The van der Waals surface area contributed by atoms with Gasteiger partial charge in [-0.05, 0) is 36.4 Å². The Morgan fingerprint density at radius 2 is 1.89 bits per heavy atom. The average molecular weight is 391 g/mol. The van der Waals surface area contributed by atoms with Crippen LogP contribution in [-0.2, 0) is 11.8 Å². The Morgan fingerprint density at radius 3 is 2.56 bits per heavy atom. The molecule has 3 aromatic rings. The number of thioether (sulfide) groups is 1. The van der Waals surface area contributed by atoms with E-state index in [0.717, 1.165) is 5.56 Å². The molecule has 2 aromatic heterocycles. The second-order valence-corrected chi connectivity index (χ2v) is 6.28. The Kier molecular flexibility index (Phi) is 5.97. The van der Waals surface area contributed by atoms with Gasteiger partial charge in [-0.2, -0.15) is 8.78 Å². The Bertz CT molecular complexity index is 903. The maximum atomic E-state index is 12.1. The van der Waals surface area contributed by atoms with Crippen LogP contribution in [0.25, 0.3) is 11.4 Å². The fraction of sp³-hybridized carbons (Fsp3) is 0.176. The minimum Gasteiger partial charge on any atom is -0.435 e. The molecule has 0 aliphatic carbocycles. The van der Waals surface area contributed by atoms with Crippen LogP contribution >= 0.6 is 11.8 Å². The summed E-state index contributed by atoms with van der Waals surface area (Å²) in [7, 11) is 1.82. The van der Waals surface area contributed by atoms with Gasteiger partial charge in [0, 0.05) is 30.7 Å².